The number of hydrogen-bond acceptors (Lipinski definition) is 3. The van der Waals surface area contributed by atoms with Gasteiger partial charge in [-0.2, -0.15) is 5.26 Å². The van der Waals surface area contributed by atoms with Gasteiger partial charge in [-0.3, -0.25) is 0 Å². The molecule has 1 aromatic carbocycles. The zero-order chi connectivity index (χ0) is 11.9. The zero-order valence-electron chi connectivity index (χ0n) is 9.28. The molecule has 0 aliphatic carbocycles. The molecule has 0 amide bonds. The summed E-state index contributed by atoms with van der Waals surface area (Å²) in [5, 5.41) is 9.07. The van der Waals surface area contributed by atoms with Gasteiger partial charge in [0.2, 0.25) is 0 Å². The first-order valence-electron chi connectivity index (χ1n) is 5.68. The lowest BCUT2D eigenvalue weighted by molar-refractivity contribution is 0.0133. The molecular formula is C13H12FNOS. The van der Waals surface area contributed by atoms with Crippen LogP contribution < -0.4 is 0 Å². The highest BCUT2D eigenvalue weighted by molar-refractivity contribution is 8.01. The molecule has 1 aromatic rings. The van der Waals surface area contributed by atoms with E-state index in [9.17, 15) is 4.39 Å². The van der Waals surface area contributed by atoms with E-state index < -0.39 is 10.9 Å². The molecule has 88 valence electrons. The second-order valence-corrected chi connectivity index (χ2v) is 5.97. The highest BCUT2D eigenvalue weighted by Crippen LogP contribution is 2.52. The van der Waals surface area contributed by atoms with Crippen LogP contribution in [0.15, 0.2) is 23.1 Å². The summed E-state index contributed by atoms with van der Waals surface area (Å²) in [6.07, 6.45) is 0.492. The van der Waals surface area contributed by atoms with Crippen LogP contribution in [0.3, 0.4) is 0 Å². The minimum atomic E-state index is -0.944. The molecule has 2 nitrogen and oxygen atoms in total. The van der Waals surface area contributed by atoms with E-state index in [0.717, 1.165) is 16.9 Å². The van der Waals surface area contributed by atoms with E-state index in [0.29, 0.717) is 18.6 Å². The van der Waals surface area contributed by atoms with Gasteiger partial charge in [0.1, 0.15) is 12.2 Å². The number of hydrogen-bond donors (Lipinski definition) is 0. The van der Waals surface area contributed by atoms with Gasteiger partial charge < -0.3 is 4.74 Å². The summed E-state index contributed by atoms with van der Waals surface area (Å²) >= 11 is 1.54. The molecular weight excluding hydrogens is 237 g/mol. The number of alkyl halides is 1. The Morgan fingerprint density at radius 1 is 1.53 bits per heavy atom. The number of ether oxygens (including phenoxy) is 1. The van der Waals surface area contributed by atoms with Crippen molar-refractivity contribution in [3.63, 3.8) is 0 Å². The van der Waals surface area contributed by atoms with Gasteiger partial charge in [-0.25, -0.2) is 4.39 Å². The van der Waals surface area contributed by atoms with E-state index in [2.05, 4.69) is 6.07 Å². The average molecular weight is 249 g/mol. The number of nitriles is 1. The van der Waals surface area contributed by atoms with Crippen molar-refractivity contribution >= 4 is 11.8 Å². The van der Waals surface area contributed by atoms with Crippen molar-refractivity contribution < 1.29 is 9.13 Å². The first-order chi connectivity index (χ1) is 8.25. The molecule has 1 fully saturated rings. The first kappa shape index (κ1) is 11.1. The fourth-order valence-electron chi connectivity index (χ4n) is 2.55. The van der Waals surface area contributed by atoms with E-state index in [-0.39, 0.29) is 6.61 Å². The Morgan fingerprint density at radius 3 is 3.18 bits per heavy atom. The summed E-state index contributed by atoms with van der Waals surface area (Å²) in [5.74, 6) is 0. The van der Waals surface area contributed by atoms with E-state index in [1.165, 1.54) is 0 Å². The number of benzene rings is 1. The van der Waals surface area contributed by atoms with Gasteiger partial charge in [0.05, 0.1) is 16.9 Å². The predicted molar refractivity (Wildman–Crippen MR) is 63.8 cm³/mol. The van der Waals surface area contributed by atoms with Crippen LogP contribution in [0.5, 0.6) is 0 Å². The fourth-order valence-corrected chi connectivity index (χ4v) is 4.06. The Bertz CT molecular complexity index is 499. The molecule has 0 bridgehead atoms. The van der Waals surface area contributed by atoms with Crippen LogP contribution in [0.1, 0.15) is 17.5 Å². The zero-order valence-corrected chi connectivity index (χ0v) is 10.1. The summed E-state index contributed by atoms with van der Waals surface area (Å²) < 4.78 is 18.9. The van der Waals surface area contributed by atoms with Crippen molar-refractivity contribution in [2.45, 2.75) is 28.7 Å². The molecule has 0 saturated carbocycles. The second kappa shape index (κ2) is 4.01. The van der Waals surface area contributed by atoms with Gasteiger partial charge in [-0.15, -0.1) is 11.8 Å². The Kier molecular flexibility index (Phi) is 2.61. The van der Waals surface area contributed by atoms with Crippen LogP contribution in [0.4, 0.5) is 4.39 Å². The summed E-state index contributed by atoms with van der Waals surface area (Å²) in [7, 11) is 0. The molecule has 4 heteroatoms. The average Bonchev–Trinajstić information content (AvgIpc) is 2.72. The molecule has 1 saturated heterocycles. The van der Waals surface area contributed by atoms with Crippen molar-refractivity contribution in [3.05, 3.63) is 29.3 Å². The maximum atomic E-state index is 14.1. The van der Waals surface area contributed by atoms with Gasteiger partial charge in [-0.05, 0) is 24.5 Å². The first-order valence-corrected chi connectivity index (χ1v) is 6.50. The molecule has 2 atom stereocenters. The largest absolute Gasteiger partial charge is 0.378 e. The summed E-state index contributed by atoms with van der Waals surface area (Å²) in [5.41, 5.74) is 1.78. The number of nitrogens with zero attached hydrogens (tertiary/aromatic N) is 1. The van der Waals surface area contributed by atoms with Crippen LogP contribution in [-0.4, -0.2) is 24.1 Å². The lowest BCUT2D eigenvalue weighted by Crippen LogP contribution is -2.44. The third-order valence-corrected chi connectivity index (χ3v) is 5.21. The third-order valence-electron chi connectivity index (χ3n) is 3.52. The predicted octanol–water partition coefficient (Wildman–Crippen LogP) is 2.70. The Balaban J connectivity index is 1.99. The summed E-state index contributed by atoms with van der Waals surface area (Å²) in [4.78, 5) is 0.972. The molecule has 0 radical (unpaired) electrons. The quantitative estimate of drug-likeness (QED) is 0.708. The summed E-state index contributed by atoms with van der Waals surface area (Å²) in [6, 6.07) is 7.87. The fraction of sp³-hybridized carbons (Fsp3) is 0.462. The lowest BCUT2D eigenvalue weighted by atomic mass is 9.90. The highest BCUT2D eigenvalue weighted by Gasteiger charge is 2.47. The van der Waals surface area contributed by atoms with Crippen molar-refractivity contribution in [1.82, 2.24) is 0 Å². The molecule has 0 aromatic heterocycles. The van der Waals surface area contributed by atoms with Gasteiger partial charge in [0.15, 0.2) is 0 Å². The van der Waals surface area contributed by atoms with Gasteiger partial charge in [0, 0.05) is 11.5 Å². The topological polar surface area (TPSA) is 33.0 Å². The molecule has 2 heterocycles. The maximum Gasteiger partial charge on any atom is 0.139 e. The number of halogens is 1. The van der Waals surface area contributed by atoms with Crippen LogP contribution in [0.25, 0.3) is 0 Å². The van der Waals surface area contributed by atoms with E-state index in [1.807, 2.05) is 12.1 Å². The van der Waals surface area contributed by atoms with E-state index >= 15 is 0 Å². The van der Waals surface area contributed by atoms with Crippen LogP contribution in [0.2, 0.25) is 0 Å². The third kappa shape index (κ3) is 1.65. The Morgan fingerprint density at radius 2 is 2.41 bits per heavy atom. The monoisotopic (exact) mass is 249 g/mol. The summed E-state index contributed by atoms with van der Waals surface area (Å²) in [6.45, 7) is 0.798. The van der Waals surface area contributed by atoms with Gasteiger partial charge in [0.25, 0.3) is 0 Å². The van der Waals surface area contributed by atoms with Crippen molar-refractivity contribution in [2.24, 2.45) is 0 Å². The Labute approximate surface area is 104 Å². The minimum Gasteiger partial charge on any atom is -0.378 e. The van der Waals surface area contributed by atoms with Crippen molar-refractivity contribution in [3.8, 4) is 6.07 Å². The minimum absolute atomic E-state index is 0.183. The van der Waals surface area contributed by atoms with E-state index in [4.69, 9.17) is 10.00 Å². The molecule has 3 rings (SSSR count). The molecule has 2 aliphatic rings. The van der Waals surface area contributed by atoms with Crippen molar-refractivity contribution in [2.75, 3.05) is 13.2 Å². The highest BCUT2D eigenvalue weighted by atomic mass is 32.2. The van der Waals surface area contributed by atoms with E-state index in [1.54, 1.807) is 17.8 Å². The van der Waals surface area contributed by atoms with Crippen molar-refractivity contribution in [1.29, 1.82) is 5.26 Å². The molecule has 2 aliphatic heterocycles. The van der Waals surface area contributed by atoms with Gasteiger partial charge in [-0.1, -0.05) is 12.1 Å². The van der Waals surface area contributed by atoms with Crippen LogP contribution in [0, 0.1) is 11.3 Å². The van der Waals surface area contributed by atoms with Gasteiger partial charge >= 0.3 is 0 Å². The molecule has 2 unspecified atom stereocenters. The second-order valence-electron chi connectivity index (χ2n) is 4.54. The molecule has 1 spiro atoms. The smallest absolute Gasteiger partial charge is 0.139 e. The number of thioether (sulfide) groups is 1. The molecule has 0 N–H and O–H groups in total. The standard InChI is InChI=1S/C13H12FNOS/c14-11-8-16-5-4-13(11)6-9-2-1-3-10(7-15)12(9)17-13/h1-3,11H,4-6,8H2. The SMILES string of the molecule is N#Cc1cccc2c1SC1(CCOCC1F)C2. The van der Waals surface area contributed by atoms with Crippen LogP contribution >= 0.6 is 11.8 Å². The lowest BCUT2D eigenvalue weighted by Gasteiger charge is -2.35. The normalized spacial score (nSPS) is 31.2. The van der Waals surface area contributed by atoms with Crippen LogP contribution in [-0.2, 0) is 11.2 Å². The maximum absolute atomic E-state index is 14.1. The number of rotatable bonds is 0. The Hall–Kier alpha value is -1.05. The number of fused-ring (bicyclic) bond motifs is 1. The molecule has 17 heavy (non-hydrogen) atoms.